The van der Waals surface area contributed by atoms with Gasteiger partial charge in [-0.15, -0.1) is 0 Å². The molecule has 0 N–H and O–H groups in total. The number of halogens is 1. The van der Waals surface area contributed by atoms with E-state index < -0.39 is 0 Å². The molecule has 0 amide bonds. The van der Waals surface area contributed by atoms with Crippen molar-refractivity contribution in [3.63, 3.8) is 0 Å². The third-order valence-corrected chi connectivity index (χ3v) is 4.30. The predicted octanol–water partition coefficient (Wildman–Crippen LogP) is 5.43. The molecule has 0 saturated carbocycles. The minimum atomic E-state index is 0.408. The Morgan fingerprint density at radius 3 is 2.81 bits per heavy atom. The molecule has 0 bridgehead atoms. The molecule has 0 saturated heterocycles. The Hall–Kier alpha value is -3.36. The van der Waals surface area contributed by atoms with Gasteiger partial charge in [0.05, 0.1) is 24.7 Å². The first kappa shape index (κ1) is 17.1. The van der Waals surface area contributed by atoms with Crippen molar-refractivity contribution in [3.8, 4) is 17.3 Å². The summed E-state index contributed by atoms with van der Waals surface area (Å²) in [6.45, 7) is 0.547. The van der Waals surface area contributed by atoms with E-state index in [0.29, 0.717) is 29.5 Å². The molecular formula is C21H15ClN4O. The van der Waals surface area contributed by atoms with Gasteiger partial charge >= 0.3 is 0 Å². The quantitative estimate of drug-likeness (QED) is 0.467. The van der Waals surface area contributed by atoms with E-state index in [1.807, 2.05) is 48.7 Å². The van der Waals surface area contributed by atoms with Crippen LogP contribution < -0.4 is 0 Å². The van der Waals surface area contributed by atoms with Crippen molar-refractivity contribution in [2.24, 2.45) is 0 Å². The highest BCUT2D eigenvalue weighted by Gasteiger charge is 2.10. The van der Waals surface area contributed by atoms with Crippen molar-refractivity contribution < 1.29 is 4.42 Å². The minimum Gasteiger partial charge on any atom is -0.437 e. The molecule has 2 heterocycles. The van der Waals surface area contributed by atoms with E-state index in [0.717, 1.165) is 22.3 Å². The first-order chi connectivity index (χ1) is 13.2. The number of aromatic nitrogens is 3. The standard InChI is InChI=1S/C21H15ClN4O/c22-17-8-9-19-18(13-17)24-20(27-19)10-7-16-14-26(12-4-11-23)25-21(16)15-5-2-1-3-6-15/h1-3,5-10,13-14H,4,12H2/b10-7+. The molecule has 4 aromatic rings. The summed E-state index contributed by atoms with van der Waals surface area (Å²) in [6, 6.07) is 17.4. The highest BCUT2D eigenvalue weighted by Crippen LogP contribution is 2.25. The fourth-order valence-electron chi connectivity index (χ4n) is 2.81. The molecular weight excluding hydrogens is 360 g/mol. The van der Waals surface area contributed by atoms with Crippen LogP contribution in [0.15, 0.2) is 59.1 Å². The van der Waals surface area contributed by atoms with Gasteiger partial charge in [0.15, 0.2) is 5.58 Å². The van der Waals surface area contributed by atoms with Crippen molar-refractivity contribution >= 4 is 34.9 Å². The smallest absolute Gasteiger partial charge is 0.220 e. The summed E-state index contributed by atoms with van der Waals surface area (Å²) in [5, 5.41) is 14.1. The second kappa shape index (κ2) is 7.48. The average Bonchev–Trinajstić information content (AvgIpc) is 3.28. The van der Waals surface area contributed by atoms with E-state index in [4.69, 9.17) is 21.3 Å². The van der Waals surface area contributed by atoms with Crippen LogP contribution in [0.1, 0.15) is 17.9 Å². The summed E-state index contributed by atoms with van der Waals surface area (Å²) < 4.78 is 7.52. The third-order valence-electron chi connectivity index (χ3n) is 4.06. The minimum absolute atomic E-state index is 0.408. The van der Waals surface area contributed by atoms with E-state index in [1.54, 1.807) is 22.9 Å². The number of hydrogen-bond acceptors (Lipinski definition) is 4. The second-order valence-corrected chi connectivity index (χ2v) is 6.40. The largest absolute Gasteiger partial charge is 0.437 e. The number of nitriles is 1. The van der Waals surface area contributed by atoms with Gasteiger partial charge in [0.2, 0.25) is 5.89 Å². The molecule has 0 unspecified atom stereocenters. The van der Waals surface area contributed by atoms with Crippen molar-refractivity contribution in [1.29, 1.82) is 5.26 Å². The molecule has 4 rings (SSSR count). The molecule has 0 atom stereocenters. The van der Waals surface area contributed by atoms with Gasteiger partial charge in [0.25, 0.3) is 0 Å². The number of benzene rings is 2. The zero-order valence-electron chi connectivity index (χ0n) is 14.3. The number of rotatable bonds is 5. The Morgan fingerprint density at radius 1 is 1.15 bits per heavy atom. The van der Waals surface area contributed by atoms with Crippen molar-refractivity contribution in [1.82, 2.24) is 14.8 Å². The molecule has 0 aliphatic carbocycles. The van der Waals surface area contributed by atoms with Gasteiger partial charge in [-0.1, -0.05) is 41.9 Å². The van der Waals surface area contributed by atoms with Crippen LogP contribution in [0.2, 0.25) is 5.02 Å². The summed E-state index contributed by atoms with van der Waals surface area (Å²) in [7, 11) is 0. The lowest BCUT2D eigenvalue weighted by Gasteiger charge is -1.98. The number of oxazole rings is 1. The van der Waals surface area contributed by atoms with Gasteiger partial charge in [0.1, 0.15) is 5.52 Å². The number of hydrogen-bond donors (Lipinski definition) is 0. The molecule has 0 fully saturated rings. The summed E-state index contributed by atoms with van der Waals surface area (Å²) in [5.41, 5.74) is 4.20. The Balaban J connectivity index is 1.69. The van der Waals surface area contributed by atoms with Gasteiger partial charge < -0.3 is 4.42 Å². The van der Waals surface area contributed by atoms with Crippen LogP contribution in [0.3, 0.4) is 0 Å². The van der Waals surface area contributed by atoms with Gasteiger partial charge in [-0.25, -0.2) is 4.98 Å². The molecule has 0 aliphatic rings. The normalized spacial score (nSPS) is 11.3. The molecule has 27 heavy (non-hydrogen) atoms. The Kier molecular flexibility index (Phi) is 4.73. The van der Waals surface area contributed by atoms with Crippen molar-refractivity contribution in [2.45, 2.75) is 13.0 Å². The second-order valence-electron chi connectivity index (χ2n) is 5.97. The maximum atomic E-state index is 8.83. The van der Waals surface area contributed by atoms with Crippen molar-refractivity contribution in [3.05, 3.63) is 71.2 Å². The van der Waals surface area contributed by atoms with Crippen LogP contribution in [0, 0.1) is 11.3 Å². The molecule has 132 valence electrons. The Bertz CT molecular complexity index is 1150. The number of aryl methyl sites for hydroxylation is 1. The third kappa shape index (κ3) is 3.76. The predicted molar refractivity (Wildman–Crippen MR) is 106 cm³/mol. The van der Waals surface area contributed by atoms with E-state index in [2.05, 4.69) is 16.2 Å². The van der Waals surface area contributed by atoms with Crippen LogP contribution in [0.5, 0.6) is 0 Å². The van der Waals surface area contributed by atoms with E-state index in [1.165, 1.54) is 0 Å². The monoisotopic (exact) mass is 374 g/mol. The maximum Gasteiger partial charge on any atom is 0.220 e. The zero-order valence-corrected chi connectivity index (χ0v) is 15.1. The van der Waals surface area contributed by atoms with Crippen LogP contribution in [-0.2, 0) is 6.54 Å². The maximum absolute atomic E-state index is 8.83. The van der Waals surface area contributed by atoms with Crippen LogP contribution >= 0.6 is 11.6 Å². The molecule has 5 nitrogen and oxygen atoms in total. The average molecular weight is 375 g/mol. The lowest BCUT2D eigenvalue weighted by molar-refractivity contribution is 0.589. The fourth-order valence-corrected chi connectivity index (χ4v) is 2.98. The Morgan fingerprint density at radius 2 is 2.00 bits per heavy atom. The SMILES string of the molecule is N#CCCn1cc(/C=C/c2nc3cc(Cl)ccc3o2)c(-c2ccccc2)n1. The molecule has 6 heteroatoms. The summed E-state index contributed by atoms with van der Waals surface area (Å²) in [5.74, 6) is 0.496. The first-order valence-corrected chi connectivity index (χ1v) is 8.85. The van der Waals surface area contributed by atoms with E-state index in [-0.39, 0.29) is 0 Å². The number of nitrogens with zero attached hydrogens (tertiary/aromatic N) is 4. The molecule has 0 aliphatic heterocycles. The summed E-state index contributed by atoms with van der Waals surface area (Å²) in [4.78, 5) is 4.44. The van der Waals surface area contributed by atoms with Gasteiger partial charge in [0, 0.05) is 28.4 Å². The van der Waals surface area contributed by atoms with E-state index >= 15 is 0 Å². The first-order valence-electron chi connectivity index (χ1n) is 8.47. The highest BCUT2D eigenvalue weighted by molar-refractivity contribution is 6.31. The molecule has 0 radical (unpaired) electrons. The topological polar surface area (TPSA) is 67.6 Å². The molecule has 2 aromatic heterocycles. The zero-order chi connectivity index (χ0) is 18.6. The van der Waals surface area contributed by atoms with Crippen molar-refractivity contribution in [2.75, 3.05) is 0 Å². The van der Waals surface area contributed by atoms with E-state index in [9.17, 15) is 0 Å². The van der Waals surface area contributed by atoms with Gasteiger partial charge in [-0.2, -0.15) is 10.4 Å². The molecule has 0 spiro atoms. The number of fused-ring (bicyclic) bond motifs is 1. The van der Waals surface area contributed by atoms with Gasteiger partial charge in [-0.05, 0) is 24.3 Å². The van der Waals surface area contributed by atoms with Crippen LogP contribution in [0.4, 0.5) is 0 Å². The van der Waals surface area contributed by atoms with Crippen LogP contribution in [-0.4, -0.2) is 14.8 Å². The molecule has 2 aromatic carbocycles. The fraction of sp³-hybridized carbons (Fsp3) is 0.0952. The Labute approximate surface area is 161 Å². The lowest BCUT2D eigenvalue weighted by Crippen LogP contribution is -1.97. The van der Waals surface area contributed by atoms with Gasteiger partial charge in [-0.3, -0.25) is 4.68 Å². The lowest BCUT2D eigenvalue weighted by atomic mass is 10.1. The summed E-state index contributed by atoms with van der Waals surface area (Å²) in [6.07, 6.45) is 6.07. The highest BCUT2D eigenvalue weighted by atomic mass is 35.5. The van der Waals surface area contributed by atoms with Crippen LogP contribution in [0.25, 0.3) is 34.5 Å². The summed E-state index contributed by atoms with van der Waals surface area (Å²) >= 11 is 6.00.